The van der Waals surface area contributed by atoms with E-state index < -0.39 is 0 Å². The molecule has 5 heteroatoms. The zero-order valence-corrected chi connectivity index (χ0v) is 11.1. The van der Waals surface area contributed by atoms with Gasteiger partial charge in [-0.05, 0) is 37.6 Å². The Morgan fingerprint density at radius 1 is 1.32 bits per heavy atom. The molecular formula is C14H17N3O2. The molecule has 0 spiro atoms. The molecule has 0 unspecified atom stereocenters. The SMILES string of the molecule is CCOc1ccc(C(=O)Nc2[nH]ncc2CC)cc1. The van der Waals surface area contributed by atoms with E-state index in [4.69, 9.17) is 4.74 Å². The molecule has 1 heterocycles. The van der Waals surface area contributed by atoms with E-state index in [0.717, 1.165) is 17.7 Å². The number of aryl methyl sites for hydroxylation is 1. The van der Waals surface area contributed by atoms with Gasteiger partial charge in [-0.1, -0.05) is 6.92 Å². The fraction of sp³-hybridized carbons (Fsp3) is 0.286. The van der Waals surface area contributed by atoms with Gasteiger partial charge in [0.25, 0.3) is 5.91 Å². The van der Waals surface area contributed by atoms with Gasteiger partial charge in [-0.25, -0.2) is 0 Å². The number of carbonyl (C=O) groups excluding carboxylic acids is 1. The summed E-state index contributed by atoms with van der Waals surface area (Å²) < 4.78 is 5.34. The number of ether oxygens (including phenoxy) is 1. The molecule has 0 aliphatic heterocycles. The second kappa shape index (κ2) is 6.04. The van der Waals surface area contributed by atoms with Crippen LogP contribution in [0.4, 0.5) is 5.82 Å². The molecule has 0 atom stereocenters. The molecule has 0 saturated carbocycles. The minimum absolute atomic E-state index is 0.165. The van der Waals surface area contributed by atoms with Crippen molar-refractivity contribution >= 4 is 11.7 Å². The maximum absolute atomic E-state index is 12.0. The van der Waals surface area contributed by atoms with Crippen molar-refractivity contribution in [1.82, 2.24) is 10.2 Å². The zero-order valence-electron chi connectivity index (χ0n) is 11.1. The molecule has 2 aromatic rings. The summed E-state index contributed by atoms with van der Waals surface area (Å²) in [5.74, 6) is 1.25. The van der Waals surface area contributed by atoms with Crippen LogP contribution in [0.25, 0.3) is 0 Å². The number of aromatic amines is 1. The monoisotopic (exact) mass is 259 g/mol. The second-order valence-electron chi connectivity index (χ2n) is 4.04. The van der Waals surface area contributed by atoms with E-state index >= 15 is 0 Å². The Kier molecular flexibility index (Phi) is 4.18. The fourth-order valence-corrected chi connectivity index (χ4v) is 1.74. The normalized spacial score (nSPS) is 10.2. The number of carbonyl (C=O) groups is 1. The maximum Gasteiger partial charge on any atom is 0.256 e. The molecule has 5 nitrogen and oxygen atoms in total. The van der Waals surface area contributed by atoms with E-state index in [2.05, 4.69) is 15.5 Å². The van der Waals surface area contributed by atoms with Gasteiger partial charge < -0.3 is 10.1 Å². The van der Waals surface area contributed by atoms with Gasteiger partial charge in [0.15, 0.2) is 0 Å². The molecule has 0 radical (unpaired) electrons. The van der Waals surface area contributed by atoms with E-state index in [-0.39, 0.29) is 5.91 Å². The molecule has 0 aliphatic rings. The fourth-order valence-electron chi connectivity index (χ4n) is 1.74. The van der Waals surface area contributed by atoms with Crippen molar-refractivity contribution in [2.75, 3.05) is 11.9 Å². The standard InChI is InChI=1S/C14H17N3O2/c1-3-10-9-15-17-13(10)16-14(18)11-5-7-12(8-6-11)19-4-2/h5-9H,3-4H2,1-2H3,(H2,15,16,17,18). The van der Waals surface area contributed by atoms with E-state index in [1.165, 1.54) is 0 Å². The maximum atomic E-state index is 12.0. The lowest BCUT2D eigenvalue weighted by atomic mass is 10.2. The molecule has 100 valence electrons. The summed E-state index contributed by atoms with van der Waals surface area (Å²) in [4.78, 5) is 12.0. The van der Waals surface area contributed by atoms with Crippen LogP contribution in [-0.2, 0) is 6.42 Å². The third kappa shape index (κ3) is 3.13. The average molecular weight is 259 g/mol. The Labute approximate surface area is 112 Å². The first-order chi connectivity index (χ1) is 9.24. The van der Waals surface area contributed by atoms with Gasteiger partial charge in [-0.2, -0.15) is 5.10 Å². The van der Waals surface area contributed by atoms with Gasteiger partial charge in [-0.15, -0.1) is 0 Å². The molecule has 0 fully saturated rings. The summed E-state index contributed by atoms with van der Waals surface area (Å²) in [6, 6.07) is 7.04. The molecule has 1 aromatic heterocycles. The number of nitrogens with zero attached hydrogens (tertiary/aromatic N) is 1. The Morgan fingerprint density at radius 3 is 2.68 bits per heavy atom. The van der Waals surface area contributed by atoms with Gasteiger partial charge >= 0.3 is 0 Å². The van der Waals surface area contributed by atoms with Gasteiger partial charge in [0.05, 0.1) is 12.8 Å². The molecule has 0 saturated heterocycles. The first kappa shape index (κ1) is 13.1. The lowest BCUT2D eigenvalue weighted by molar-refractivity contribution is 0.102. The summed E-state index contributed by atoms with van der Waals surface area (Å²) in [5.41, 5.74) is 1.57. The highest BCUT2D eigenvalue weighted by atomic mass is 16.5. The Morgan fingerprint density at radius 2 is 2.05 bits per heavy atom. The highest BCUT2D eigenvalue weighted by Gasteiger charge is 2.09. The van der Waals surface area contributed by atoms with Gasteiger partial charge in [0.2, 0.25) is 0 Å². The number of rotatable bonds is 5. The molecule has 19 heavy (non-hydrogen) atoms. The number of nitrogens with one attached hydrogen (secondary N) is 2. The number of hydrogen-bond acceptors (Lipinski definition) is 3. The average Bonchev–Trinajstić information content (AvgIpc) is 2.87. The Hall–Kier alpha value is -2.30. The molecule has 1 amide bonds. The summed E-state index contributed by atoms with van der Waals surface area (Å²) >= 11 is 0. The molecule has 2 N–H and O–H groups in total. The summed E-state index contributed by atoms with van der Waals surface area (Å²) in [6.45, 7) is 4.54. The van der Waals surface area contributed by atoms with Crippen LogP contribution in [0.2, 0.25) is 0 Å². The van der Waals surface area contributed by atoms with Crippen molar-refractivity contribution in [3.8, 4) is 5.75 Å². The van der Waals surface area contributed by atoms with Crippen LogP contribution in [0.5, 0.6) is 5.75 Å². The third-order valence-corrected chi connectivity index (χ3v) is 2.76. The number of benzene rings is 1. The van der Waals surface area contributed by atoms with Gasteiger partial charge in [0, 0.05) is 11.1 Å². The minimum atomic E-state index is -0.165. The third-order valence-electron chi connectivity index (χ3n) is 2.76. The van der Waals surface area contributed by atoms with E-state index in [1.807, 2.05) is 13.8 Å². The second-order valence-corrected chi connectivity index (χ2v) is 4.04. The van der Waals surface area contributed by atoms with E-state index in [1.54, 1.807) is 30.5 Å². The lowest BCUT2D eigenvalue weighted by Crippen LogP contribution is -2.13. The number of hydrogen-bond donors (Lipinski definition) is 2. The van der Waals surface area contributed by atoms with Crippen molar-refractivity contribution < 1.29 is 9.53 Å². The minimum Gasteiger partial charge on any atom is -0.494 e. The molecule has 0 bridgehead atoms. The molecule has 2 rings (SSSR count). The molecule has 1 aromatic carbocycles. The van der Waals surface area contributed by atoms with Crippen molar-refractivity contribution in [3.05, 3.63) is 41.6 Å². The van der Waals surface area contributed by atoms with Crippen molar-refractivity contribution in [2.45, 2.75) is 20.3 Å². The van der Waals surface area contributed by atoms with Crippen LogP contribution in [-0.4, -0.2) is 22.7 Å². The lowest BCUT2D eigenvalue weighted by Gasteiger charge is -2.06. The van der Waals surface area contributed by atoms with Crippen LogP contribution in [0.3, 0.4) is 0 Å². The van der Waals surface area contributed by atoms with Crippen LogP contribution in [0, 0.1) is 0 Å². The highest BCUT2D eigenvalue weighted by Crippen LogP contribution is 2.15. The summed E-state index contributed by atoms with van der Waals surface area (Å²) in [5, 5.41) is 9.51. The number of amides is 1. The predicted molar refractivity (Wildman–Crippen MR) is 73.5 cm³/mol. The van der Waals surface area contributed by atoms with Crippen molar-refractivity contribution in [3.63, 3.8) is 0 Å². The number of anilines is 1. The first-order valence-corrected chi connectivity index (χ1v) is 6.31. The van der Waals surface area contributed by atoms with Gasteiger partial charge in [-0.3, -0.25) is 9.89 Å². The topological polar surface area (TPSA) is 67.0 Å². The van der Waals surface area contributed by atoms with Gasteiger partial charge in [0.1, 0.15) is 11.6 Å². The first-order valence-electron chi connectivity index (χ1n) is 6.31. The highest BCUT2D eigenvalue weighted by molar-refractivity contribution is 6.04. The largest absolute Gasteiger partial charge is 0.494 e. The quantitative estimate of drug-likeness (QED) is 0.867. The number of H-pyrrole nitrogens is 1. The Balaban J connectivity index is 2.07. The van der Waals surface area contributed by atoms with Crippen LogP contribution < -0.4 is 10.1 Å². The summed E-state index contributed by atoms with van der Waals surface area (Å²) in [7, 11) is 0. The predicted octanol–water partition coefficient (Wildman–Crippen LogP) is 2.62. The van der Waals surface area contributed by atoms with Crippen molar-refractivity contribution in [1.29, 1.82) is 0 Å². The van der Waals surface area contributed by atoms with Crippen LogP contribution in [0.1, 0.15) is 29.8 Å². The zero-order chi connectivity index (χ0) is 13.7. The number of aromatic nitrogens is 2. The van der Waals surface area contributed by atoms with Crippen LogP contribution in [0.15, 0.2) is 30.5 Å². The smallest absolute Gasteiger partial charge is 0.256 e. The molecule has 0 aliphatic carbocycles. The Bertz CT molecular complexity index is 546. The van der Waals surface area contributed by atoms with Crippen molar-refractivity contribution in [2.24, 2.45) is 0 Å². The summed E-state index contributed by atoms with van der Waals surface area (Å²) in [6.07, 6.45) is 2.53. The van der Waals surface area contributed by atoms with E-state index in [0.29, 0.717) is 18.0 Å². The van der Waals surface area contributed by atoms with Crippen LogP contribution >= 0.6 is 0 Å². The molecular weight excluding hydrogens is 242 g/mol. The van der Waals surface area contributed by atoms with E-state index in [9.17, 15) is 4.79 Å².